The number of anilines is 2. The third-order valence-corrected chi connectivity index (χ3v) is 6.22. The van der Waals surface area contributed by atoms with Gasteiger partial charge in [0.15, 0.2) is 0 Å². The van der Waals surface area contributed by atoms with Gasteiger partial charge in [-0.25, -0.2) is 0 Å². The molecule has 1 amide bonds. The van der Waals surface area contributed by atoms with Crippen molar-refractivity contribution in [2.75, 3.05) is 55.9 Å². The Bertz CT molecular complexity index is 922. The number of para-hydroxylation sites is 1. The Balaban J connectivity index is 1.35. The van der Waals surface area contributed by atoms with E-state index in [1.165, 1.54) is 12.8 Å². The SMILES string of the molecule is Cc1ccccc1N1CN(C2CC2)c2cc(OCCN3CCOCC3)ccc2C1=O. The second-order valence-corrected chi connectivity index (χ2v) is 8.34. The van der Waals surface area contributed by atoms with Crippen LogP contribution in [0.2, 0.25) is 0 Å². The van der Waals surface area contributed by atoms with Crippen LogP contribution in [-0.2, 0) is 4.74 Å². The van der Waals surface area contributed by atoms with E-state index < -0.39 is 0 Å². The van der Waals surface area contributed by atoms with E-state index >= 15 is 0 Å². The number of amides is 1. The van der Waals surface area contributed by atoms with Gasteiger partial charge in [0.25, 0.3) is 5.91 Å². The molecule has 3 aliphatic rings. The fourth-order valence-corrected chi connectivity index (χ4v) is 4.33. The Kier molecular flexibility index (Phi) is 5.35. The molecule has 30 heavy (non-hydrogen) atoms. The molecule has 2 fully saturated rings. The molecule has 0 radical (unpaired) electrons. The number of aryl methyl sites for hydroxylation is 1. The van der Waals surface area contributed by atoms with Gasteiger partial charge in [-0.3, -0.25) is 14.6 Å². The quantitative estimate of drug-likeness (QED) is 0.735. The van der Waals surface area contributed by atoms with Crippen molar-refractivity contribution in [2.45, 2.75) is 25.8 Å². The number of hydrogen-bond donors (Lipinski definition) is 0. The molecule has 0 aromatic heterocycles. The Morgan fingerprint density at radius 3 is 2.63 bits per heavy atom. The molecule has 0 N–H and O–H groups in total. The lowest BCUT2D eigenvalue weighted by atomic mass is 10.1. The van der Waals surface area contributed by atoms with Gasteiger partial charge >= 0.3 is 0 Å². The van der Waals surface area contributed by atoms with Crippen molar-refractivity contribution in [2.24, 2.45) is 0 Å². The minimum absolute atomic E-state index is 0.0658. The van der Waals surface area contributed by atoms with Crippen molar-refractivity contribution < 1.29 is 14.3 Å². The maximum absolute atomic E-state index is 13.3. The van der Waals surface area contributed by atoms with Gasteiger partial charge in [0.1, 0.15) is 12.4 Å². The summed E-state index contributed by atoms with van der Waals surface area (Å²) in [5.41, 5.74) is 3.88. The van der Waals surface area contributed by atoms with Crippen LogP contribution in [0.1, 0.15) is 28.8 Å². The van der Waals surface area contributed by atoms with Crippen LogP contribution in [-0.4, -0.2) is 63.0 Å². The van der Waals surface area contributed by atoms with Gasteiger partial charge < -0.3 is 14.4 Å². The molecule has 5 rings (SSSR count). The van der Waals surface area contributed by atoms with Gasteiger partial charge in [-0.05, 0) is 43.5 Å². The number of ether oxygens (including phenoxy) is 2. The van der Waals surface area contributed by atoms with E-state index in [9.17, 15) is 4.79 Å². The minimum Gasteiger partial charge on any atom is -0.492 e. The van der Waals surface area contributed by atoms with E-state index in [4.69, 9.17) is 9.47 Å². The molecular weight excluding hydrogens is 378 g/mol. The highest BCUT2D eigenvalue weighted by Gasteiger charge is 2.38. The fourth-order valence-electron chi connectivity index (χ4n) is 4.33. The number of nitrogens with zero attached hydrogens (tertiary/aromatic N) is 3. The van der Waals surface area contributed by atoms with Gasteiger partial charge in [0, 0.05) is 37.4 Å². The van der Waals surface area contributed by atoms with E-state index in [0.29, 0.717) is 19.3 Å². The third kappa shape index (κ3) is 3.89. The fraction of sp³-hybridized carbons (Fsp3) is 0.458. The Morgan fingerprint density at radius 1 is 1.07 bits per heavy atom. The average molecular weight is 408 g/mol. The standard InChI is InChI=1S/C24H29N3O3/c1-18-4-2-3-5-22(18)27-17-26(19-6-7-19)23-16-20(8-9-21(23)24(27)28)30-15-12-25-10-13-29-14-11-25/h2-5,8-9,16,19H,6-7,10-15,17H2,1H3. The first-order valence-corrected chi connectivity index (χ1v) is 10.9. The molecule has 1 aliphatic carbocycles. The van der Waals surface area contributed by atoms with Crippen molar-refractivity contribution in [3.8, 4) is 5.75 Å². The van der Waals surface area contributed by atoms with Crippen molar-refractivity contribution in [1.82, 2.24) is 4.90 Å². The Morgan fingerprint density at radius 2 is 1.87 bits per heavy atom. The summed E-state index contributed by atoms with van der Waals surface area (Å²) in [6.07, 6.45) is 2.36. The number of hydrogen-bond acceptors (Lipinski definition) is 5. The van der Waals surface area contributed by atoms with E-state index in [2.05, 4.69) is 28.9 Å². The summed E-state index contributed by atoms with van der Waals surface area (Å²) in [7, 11) is 0. The Hall–Kier alpha value is -2.57. The van der Waals surface area contributed by atoms with Gasteiger partial charge in [0.05, 0.1) is 31.1 Å². The number of carbonyl (C=O) groups excluding carboxylic acids is 1. The summed E-state index contributed by atoms with van der Waals surface area (Å²) < 4.78 is 11.5. The van der Waals surface area contributed by atoms with E-state index in [1.807, 2.05) is 35.2 Å². The molecule has 0 unspecified atom stereocenters. The lowest BCUT2D eigenvalue weighted by Crippen LogP contribution is -2.48. The summed E-state index contributed by atoms with van der Waals surface area (Å²) in [6, 6.07) is 14.5. The van der Waals surface area contributed by atoms with Crippen molar-refractivity contribution >= 4 is 17.3 Å². The molecular formula is C24H29N3O3. The monoisotopic (exact) mass is 407 g/mol. The first kappa shape index (κ1) is 19.4. The predicted molar refractivity (Wildman–Crippen MR) is 118 cm³/mol. The van der Waals surface area contributed by atoms with Crippen LogP contribution in [0.3, 0.4) is 0 Å². The largest absolute Gasteiger partial charge is 0.492 e. The molecule has 0 atom stereocenters. The van der Waals surface area contributed by atoms with Crippen molar-refractivity contribution in [3.63, 3.8) is 0 Å². The van der Waals surface area contributed by atoms with Crippen LogP contribution in [0, 0.1) is 6.92 Å². The Labute approximate surface area is 178 Å². The molecule has 0 bridgehead atoms. The van der Waals surface area contributed by atoms with Crippen LogP contribution in [0.25, 0.3) is 0 Å². The highest BCUT2D eigenvalue weighted by molar-refractivity contribution is 6.12. The van der Waals surface area contributed by atoms with Crippen LogP contribution in [0.5, 0.6) is 5.75 Å². The van der Waals surface area contributed by atoms with Crippen LogP contribution in [0.4, 0.5) is 11.4 Å². The zero-order valence-corrected chi connectivity index (χ0v) is 17.5. The van der Waals surface area contributed by atoms with E-state index in [1.54, 1.807) is 0 Å². The van der Waals surface area contributed by atoms with E-state index in [-0.39, 0.29) is 5.91 Å². The summed E-state index contributed by atoms with van der Waals surface area (Å²) in [6.45, 7) is 7.73. The number of rotatable bonds is 6. The lowest BCUT2D eigenvalue weighted by Gasteiger charge is -2.39. The second-order valence-electron chi connectivity index (χ2n) is 8.34. The predicted octanol–water partition coefficient (Wildman–Crippen LogP) is 3.29. The van der Waals surface area contributed by atoms with Gasteiger partial charge in [-0.2, -0.15) is 0 Å². The first-order chi connectivity index (χ1) is 14.7. The van der Waals surface area contributed by atoms with Crippen LogP contribution >= 0.6 is 0 Å². The molecule has 6 heteroatoms. The third-order valence-electron chi connectivity index (χ3n) is 6.22. The zero-order chi connectivity index (χ0) is 20.5. The molecule has 158 valence electrons. The number of benzene rings is 2. The molecule has 6 nitrogen and oxygen atoms in total. The second kappa shape index (κ2) is 8.28. The van der Waals surface area contributed by atoms with Crippen molar-refractivity contribution in [3.05, 3.63) is 53.6 Å². The highest BCUT2D eigenvalue weighted by Crippen LogP contribution is 2.40. The normalized spacial score (nSPS) is 19.7. The van der Waals surface area contributed by atoms with Gasteiger partial charge in [-0.15, -0.1) is 0 Å². The van der Waals surface area contributed by atoms with Gasteiger partial charge in [-0.1, -0.05) is 18.2 Å². The molecule has 2 heterocycles. The first-order valence-electron chi connectivity index (χ1n) is 10.9. The molecule has 2 aromatic rings. The molecule has 2 aromatic carbocycles. The maximum atomic E-state index is 13.3. The lowest BCUT2D eigenvalue weighted by molar-refractivity contribution is 0.0322. The smallest absolute Gasteiger partial charge is 0.261 e. The average Bonchev–Trinajstić information content (AvgIpc) is 3.61. The summed E-state index contributed by atoms with van der Waals surface area (Å²) in [4.78, 5) is 20.0. The molecule has 2 aliphatic heterocycles. The van der Waals surface area contributed by atoms with Gasteiger partial charge in [0.2, 0.25) is 0 Å². The minimum atomic E-state index is 0.0658. The number of fused-ring (bicyclic) bond motifs is 1. The van der Waals surface area contributed by atoms with E-state index in [0.717, 1.165) is 61.1 Å². The van der Waals surface area contributed by atoms with Crippen molar-refractivity contribution in [1.29, 1.82) is 0 Å². The maximum Gasteiger partial charge on any atom is 0.261 e. The summed E-state index contributed by atoms with van der Waals surface area (Å²) in [5, 5.41) is 0. The summed E-state index contributed by atoms with van der Waals surface area (Å²) >= 11 is 0. The molecule has 1 saturated heterocycles. The summed E-state index contributed by atoms with van der Waals surface area (Å²) in [5.74, 6) is 0.904. The van der Waals surface area contributed by atoms with Crippen LogP contribution < -0.4 is 14.5 Å². The topological polar surface area (TPSA) is 45.2 Å². The molecule has 1 saturated carbocycles. The molecule has 0 spiro atoms. The van der Waals surface area contributed by atoms with Crippen LogP contribution in [0.15, 0.2) is 42.5 Å². The number of morpholine rings is 1. The zero-order valence-electron chi connectivity index (χ0n) is 17.5. The number of carbonyl (C=O) groups is 1. The highest BCUT2D eigenvalue weighted by atomic mass is 16.5.